The fourth-order valence-corrected chi connectivity index (χ4v) is 2.77. The molecule has 0 bridgehead atoms. The molecular formula is C19H16ClFN2O3. The highest BCUT2D eigenvalue weighted by Gasteiger charge is 2.13. The third-order valence-electron chi connectivity index (χ3n) is 3.92. The molecule has 7 heteroatoms. The van der Waals surface area contributed by atoms with Crippen molar-refractivity contribution >= 4 is 11.6 Å². The molecule has 1 heterocycles. The van der Waals surface area contributed by atoms with Gasteiger partial charge in [-0.25, -0.2) is 9.07 Å². The van der Waals surface area contributed by atoms with Crippen LogP contribution in [0.1, 0.15) is 5.56 Å². The fourth-order valence-electron chi connectivity index (χ4n) is 2.55. The largest absolute Gasteiger partial charge is 0.497 e. The molecule has 0 aliphatic heterocycles. The summed E-state index contributed by atoms with van der Waals surface area (Å²) in [6.45, 7) is -0.0728. The summed E-state index contributed by atoms with van der Waals surface area (Å²) in [4.78, 5) is 12.2. The molecule has 134 valence electrons. The molecule has 0 saturated heterocycles. The molecule has 3 rings (SSSR count). The van der Waals surface area contributed by atoms with Crippen molar-refractivity contribution in [3.8, 4) is 22.8 Å². The zero-order valence-corrected chi connectivity index (χ0v) is 15.0. The average Bonchev–Trinajstić information content (AvgIpc) is 2.65. The number of hydrogen-bond donors (Lipinski definition) is 0. The van der Waals surface area contributed by atoms with Gasteiger partial charge in [0.1, 0.15) is 17.3 Å². The molecule has 0 fully saturated rings. The van der Waals surface area contributed by atoms with Crippen molar-refractivity contribution in [2.24, 2.45) is 0 Å². The summed E-state index contributed by atoms with van der Waals surface area (Å²) in [6, 6.07) is 12.6. The Bertz CT molecular complexity index is 984. The highest BCUT2D eigenvalue weighted by atomic mass is 35.5. The summed E-state index contributed by atoms with van der Waals surface area (Å²) < 4.78 is 25.8. The van der Waals surface area contributed by atoms with Crippen LogP contribution >= 0.6 is 11.6 Å². The van der Waals surface area contributed by atoms with E-state index in [0.29, 0.717) is 22.8 Å². The number of ether oxygens (including phenoxy) is 2. The highest BCUT2D eigenvalue weighted by Crippen LogP contribution is 2.31. The first-order valence-electron chi connectivity index (χ1n) is 7.77. The lowest BCUT2D eigenvalue weighted by atomic mass is 10.1. The van der Waals surface area contributed by atoms with Crippen LogP contribution in [0.5, 0.6) is 11.5 Å². The number of methoxy groups -OCH3 is 2. The predicted molar refractivity (Wildman–Crippen MR) is 97.5 cm³/mol. The first-order valence-corrected chi connectivity index (χ1v) is 8.14. The lowest BCUT2D eigenvalue weighted by molar-refractivity contribution is 0.395. The summed E-state index contributed by atoms with van der Waals surface area (Å²) in [7, 11) is 3.10. The van der Waals surface area contributed by atoms with Crippen LogP contribution in [0.25, 0.3) is 11.3 Å². The summed E-state index contributed by atoms with van der Waals surface area (Å²) in [5, 5.41) is 4.58. The van der Waals surface area contributed by atoms with Gasteiger partial charge in [0.05, 0.1) is 26.5 Å². The number of hydrogen-bond acceptors (Lipinski definition) is 4. The van der Waals surface area contributed by atoms with Crippen LogP contribution in [0, 0.1) is 5.82 Å². The second-order valence-corrected chi connectivity index (χ2v) is 5.89. The maximum absolute atomic E-state index is 14.0. The highest BCUT2D eigenvalue weighted by molar-refractivity contribution is 6.31. The van der Waals surface area contributed by atoms with Crippen molar-refractivity contribution in [2.45, 2.75) is 6.54 Å². The number of rotatable bonds is 5. The van der Waals surface area contributed by atoms with Crippen LogP contribution in [0.3, 0.4) is 0 Å². The van der Waals surface area contributed by atoms with Gasteiger partial charge in [-0.3, -0.25) is 4.79 Å². The van der Waals surface area contributed by atoms with Crippen LogP contribution in [-0.4, -0.2) is 24.0 Å². The normalized spacial score (nSPS) is 10.6. The van der Waals surface area contributed by atoms with Gasteiger partial charge in [0.15, 0.2) is 0 Å². The minimum Gasteiger partial charge on any atom is -0.497 e. The van der Waals surface area contributed by atoms with Crippen LogP contribution in [0.4, 0.5) is 4.39 Å². The zero-order chi connectivity index (χ0) is 18.7. The van der Waals surface area contributed by atoms with E-state index in [9.17, 15) is 9.18 Å². The molecular weight excluding hydrogens is 359 g/mol. The Morgan fingerprint density at radius 2 is 1.92 bits per heavy atom. The third-order valence-corrected chi connectivity index (χ3v) is 4.27. The monoisotopic (exact) mass is 374 g/mol. The molecule has 1 aromatic heterocycles. The van der Waals surface area contributed by atoms with Crippen molar-refractivity contribution < 1.29 is 13.9 Å². The van der Waals surface area contributed by atoms with Crippen molar-refractivity contribution in [3.63, 3.8) is 0 Å². The predicted octanol–water partition coefficient (Wildman–Crippen LogP) is 3.77. The SMILES string of the molecule is COc1ccc(-c2ccc(=O)n(Cc3c(F)cccc3Cl)n2)c(OC)c1. The number of halogens is 2. The van der Waals surface area contributed by atoms with Gasteiger partial charge >= 0.3 is 0 Å². The molecule has 0 spiro atoms. The van der Waals surface area contributed by atoms with E-state index >= 15 is 0 Å². The standard InChI is InChI=1S/C19H16ClFN2O3/c1-25-12-6-7-13(18(10-12)26-2)17-8-9-19(24)23(22-17)11-14-15(20)4-3-5-16(14)21/h3-10H,11H2,1-2H3. The Morgan fingerprint density at radius 3 is 2.62 bits per heavy atom. The number of nitrogens with zero attached hydrogens (tertiary/aromatic N) is 2. The van der Waals surface area contributed by atoms with Crippen LogP contribution in [0.2, 0.25) is 5.02 Å². The maximum atomic E-state index is 14.0. The van der Waals surface area contributed by atoms with E-state index in [1.54, 1.807) is 37.4 Å². The van der Waals surface area contributed by atoms with E-state index in [0.717, 1.165) is 0 Å². The molecule has 0 saturated carbocycles. The molecule has 2 aromatic carbocycles. The summed E-state index contributed by atoms with van der Waals surface area (Å²) in [6.07, 6.45) is 0. The third kappa shape index (κ3) is 3.55. The van der Waals surface area contributed by atoms with Crippen molar-refractivity contribution in [1.82, 2.24) is 9.78 Å². The lowest BCUT2D eigenvalue weighted by Crippen LogP contribution is -2.23. The van der Waals surface area contributed by atoms with Crippen LogP contribution in [0.15, 0.2) is 53.3 Å². The molecule has 0 atom stereocenters. The first-order chi connectivity index (χ1) is 12.5. The van der Waals surface area contributed by atoms with Gasteiger partial charge in [0.2, 0.25) is 0 Å². The molecule has 0 unspecified atom stereocenters. The fraction of sp³-hybridized carbons (Fsp3) is 0.158. The minimum atomic E-state index is -0.487. The van der Waals surface area contributed by atoms with Gasteiger partial charge in [-0.1, -0.05) is 17.7 Å². The number of aromatic nitrogens is 2. The Labute approximate surface area is 154 Å². The van der Waals surface area contributed by atoms with Crippen molar-refractivity contribution in [1.29, 1.82) is 0 Å². The van der Waals surface area contributed by atoms with Crippen molar-refractivity contribution in [3.05, 3.63) is 75.3 Å². The lowest BCUT2D eigenvalue weighted by Gasteiger charge is -2.12. The second kappa shape index (κ2) is 7.58. The summed E-state index contributed by atoms with van der Waals surface area (Å²) >= 11 is 6.05. The quantitative estimate of drug-likeness (QED) is 0.682. The minimum absolute atomic E-state index is 0.0728. The van der Waals surface area contributed by atoms with Gasteiger partial charge in [-0.15, -0.1) is 0 Å². The Hall–Kier alpha value is -2.86. The van der Waals surface area contributed by atoms with E-state index in [1.165, 1.54) is 30.0 Å². The molecule has 3 aromatic rings. The topological polar surface area (TPSA) is 53.4 Å². The van der Waals surface area contributed by atoms with Crippen LogP contribution in [-0.2, 0) is 6.54 Å². The van der Waals surface area contributed by atoms with E-state index < -0.39 is 5.82 Å². The molecule has 26 heavy (non-hydrogen) atoms. The van der Waals surface area contributed by atoms with Gasteiger partial charge < -0.3 is 9.47 Å². The second-order valence-electron chi connectivity index (χ2n) is 5.48. The molecule has 0 aliphatic carbocycles. The Morgan fingerprint density at radius 1 is 1.12 bits per heavy atom. The zero-order valence-electron chi connectivity index (χ0n) is 14.2. The van der Waals surface area contributed by atoms with Gasteiger partial charge in [-0.05, 0) is 30.3 Å². The van der Waals surface area contributed by atoms with Gasteiger partial charge in [0.25, 0.3) is 5.56 Å². The Kier molecular flexibility index (Phi) is 5.23. The molecule has 5 nitrogen and oxygen atoms in total. The molecule has 0 N–H and O–H groups in total. The Balaban J connectivity index is 2.05. The van der Waals surface area contributed by atoms with E-state index in [1.807, 2.05) is 0 Å². The van der Waals surface area contributed by atoms with Crippen LogP contribution < -0.4 is 15.0 Å². The number of benzene rings is 2. The summed E-state index contributed by atoms with van der Waals surface area (Å²) in [5.74, 6) is 0.696. The van der Waals surface area contributed by atoms with E-state index in [-0.39, 0.29) is 22.7 Å². The summed E-state index contributed by atoms with van der Waals surface area (Å²) in [5.41, 5.74) is 1.04. The van der Waals surface area contributed by atoms with Gasteiger partial charge in [0, 0.05) is 28.3 Å². The van der Waals surface area contributed by atoms with E-state index in [4.69, 9.17) is 21.1 Å². The van der Waals surface area contributed by atoms with E-state index in [2.05, 4.69) is 5.10 Å². The first kappa shape index (κ1) is 17.9. The smallest absolute Gasteiger partial charge is 0.267 e. The molecule has 0 aliphatic rings. The maximum Gasteiger partial charge on any atom is 0.267 e. The van der Waals surface area contributed by atoms with Crippen molar-refractivity contribution in [2.75, 3.05) is 14.2 Å². The molecule has 0 amide bonds. The molecule has 0 radical (unpaired) electrons. The average molecular weight is 375 g/mol. The van der Waals surface area contributed by atoms with Gasteiger partial charge in [-0.2, -0.15) is 5.10 Å².